The lowest BCUT2D eigenvalue weighted by Gasteiger charge is -2.56. The highest BCUT2D eigenvalue weighted by molar-refractivity contribution is 5.74. The van der Waals surface area contributed by atoms with Gasteiger partial charge in [0.2, 0.25) is 0 Å². The van der Waals surface area contributed by atoms with E-state index >= 15 is 0 Å². The molecular weight excluding hydrogens is 252 g/mol. The van der Waals surface area contributed by atoms with Crippen LogP contribution in [-0.2, 0) is 0 Å². The first kappa shape index (κ1) is 14.2. The third-order valence-electron chi connectivity index (χ3n) is 5.54. The number of hydrogen-bond donors (Lipinski definition) is 3. The van der Waals surface area contributed by atoms with Gasteiger partial charge < -0.3 is 15.7 Å². The monoisotopic (exact) mass is 280 g/mol. The zero-order valence-corrected chi connectivity index (χ0v) is 12.5. The lowest BCUT2D eigenvalue weighted by atomic mass is 9.53. The maximum absolute atomic E-state index is 12.1. The van der Waals surface area contributed by atoms with Crippen molar-refractivity contribution in [1.29, 1.82) is 0 Å². The van der Waals surface area contributed by atoms with Crippen molar-refractivity contribution in [2.24, 2.45) is 17.8 Å². The summed E-state index contributed by atoms with van der Waals surface area (Å²) in [6, 6.07) is -0.0814. The molecule has 0 aliphatic heterocycles. The Morgan fingerprint density at radius 1 is 1.20 bits per heavy atom. The molecular formula is C16H28N2O2. The molecule has 1 atom stereocenters. The molecule has 4 heteroatoms. The SMILES string of the molecule is CCCC(O)CNC(=O)NC12CC3CC(CC(C3)C1)C2. The van der Waals surface area contributed by atoms with Crippen molar-refractivity contribution < 1.29 is 9.90 Å². The molecule has 4 saturated carbocycles. The molecule has 1 unspecified atom stereocenters. The first-order valence-electron chi connectivity index (χ1n) is 8.32. The van der Waals surface area contributed by atoms with Crippen molar-refractivity contribution in [3.63, 3.8) is 0 Å². The first-order chi connectivity index (χ1) is 9.58. The predicted molar refractivity (Wildman–Crippen MR) is 78.4 cm³/mol. The van der Waals surface area contributed by atoms with Crippen molar-refractivity contribution in [2.75, 3.05) is 6.54 Å². The third-order valence-corrected chi connectivity index (χ3v) is 5.54. The topological polar surface area (TPSA) is 61.4 Å². The first-order valence-corrected chi connectivity index (χ1v) is 8.32. The average Bonchev–Trinajstić information content (AvgIpc) is 2.34. The van der Waals surface area contributed by atoms with Crippen molar-refractivity contribution >= 4 is 6.03 Å². The molecule has 4 aliphatic carbocycles. The van der Waals surface area contributed by atoms with Gasteiger partial charge in [0.25, 0.3) is 0 Å². The minimum Gasteiger partial charge on any atom is -0.391 e. The summed E-state index contributed by atoms with van der Waals surface area (Å²) in [7, 11) is 0. The van der Waals surface area contributed by atoms with E-state index in [4.69, 9.17) is 0 Å². The smallest absolute Gasteiger partial charge is 0.315 e. The van der Waals surface area contributed by atoms with Gasteiger partial charge in [-0.15, -0.1) is 0 Å². The van der Waals surface area contributed by atoms with Crippen LogP contribution in [0.2, 0.25) is 0 Å². The molecule has 114 valence electrons. The number of urea groups is 1. The van der Waals surface area contributed by atoms with E-state index in [2.05, 4.69) is 10.6 Å². The van der Waals surface area contributed by atoms with Gasteiger partial charge in [0, 0.05) is 12.1 Å². The van der Waals surface area contributed by atoms with Crippen LogP contribution in [0, 0.1) is 17.8 Å². The van der Waals surface area contributed by atoms with Crippen molar-refractivity contribution in [1.82, 2.24) is 10.6 Å². The second-order valence-corrected chi connectivity index (χ2v) is 7.48. The van der Waals surface area contributed by atoms with Gasteiger partial charge >= 0.3 is 6.03 Å². The van der Waals surface area contributed by atoms with Gasteiger partial charge in [0.1, 0.15) is 0 Å². The van der Waals surface area contributed by atoms with Crippen LogP contribution in [-0.4, -0.2) is 29.3 Å². The zero-order chi connectivity index (χ0) is 14.2. The molecule has 0 saturated heterocycles. The molecule has 4 nitrogen and oxygen atoms in total. The highest BCUT2D eigenvalue weighted by Crippen LogP contribution is 2.55. The Morgan fingerprint density at radius 3 is 2.25 bits per heavy atom. The molecule has 0 spiro atoms. The van der Waals surface area contributed by atoms with E-state index in [1.54, 1.807) is 0 Å². The van der Waals surface area contributed by atoms with Crippen LogP contribution in [0.4, 0.5) is 4.79 Å². The van der Waals surface area contributed by atoms with Crippen LogP contribution in [0.1, 0.15) is 58.3 Å². The van der Waals surface area contributed by atoms with Gasteiger partial charge in [-0.05, 0) is 62.7 Å². The van der Waals surface area contributed by atoms with Crippen LogP contribution in [0.25, 0.3) is 0 Å². The molecule has 20 heavy (non-hydrogen) atoms. The molecule has 0 radical (unpaired) electrons. The molecule has 4 aliphatic rings. The van der Waals surface area contributed by atoms with E-state index < -0.39 is 6.10 Å². The van der Waals surface area contributed by atoms with E-state index in [1.807, 2.05) is 6.92 Å². The minimum atomic E-state index is -0.415. The van der Waals surface area contributed by atoms with Crippen molar-refractivity contribution in [3.05, 3.63) is 0 Å². The van der Waals surface area contributed by atoms with E-state index in [0.717, 1.165) is 30.6 Å². The van der Waals surface area contributed by atoms with Crippen LogP contribution in [0.3, 0.4) is 0 Å². The quantitative estimate of drug-likeness (QED) is 0.724. The number of hydrogen-bond acceptors (Lipinski definition) is 2. The molecule has 0 heterocycles. The summed E-state index contributed by atoms with van der Waals surface area (Å²) >= 11 is 0. The number of aliphatic hydroxyl groups excluding tert-OH is 1. The van der Waals surface area contributed by atoms with E-state index in [-0.39, 0.29) is 11.6 Å². The van der Waals surface area contributed by atoms with Gasteiger partial charge in [-0.2, -0.15) is 0 Å². The minimum absolute atomic E-state index is 0.0640. The molecule has 3 N–H and O–H groups in total. The standard InChI is InChI=1S/C16H28N2O2/c1-2-3-14(19)10-17-15(20)18-16-7-11-4-12(8-16)6-13(5-11)9-16/h11-14,19H,2-10H2,1H3,(H2,17,18,20). The number of aliphatic hydroxyl groups is 1. The lowest BCUT2D eigenvalue weighted by molar-refractivity contribution is -0.0136. The van der Waals surface area contributed by atoms with Crippen molar-refractivity contribution in [2.45, 2.75) is 69.9 Å². The van der Waals surface area contributed by atoms with Gasteiger partial charge in [0.15, 0.2) is 0 Å². The number of nitrogens with one attached hydrogen (secondary N) is 2. The normalized spacial score (nSPS) is 39.6. The van der Waals surface area contributed by atoms with E-state index in [0.29, 0.717) is 6.54 Å². The second kappa shape index (κ2) is 5.55. The van der Waals surface area contributed by atoms with Gasteiger partial charge in [-0.25, -0.2) is 4.79 Å². The van der Waals surface area contributed by atoms with Gasteiger partial charge in [-0.3, -0.25) is 0 Å². The molecule has 0 aromatic rings. The molecule has 4 fully saturated rings. The molecule has 0 aromatic carbocycles. The Labute approximate surface area is 121 Å². The maximum atomic E-state index is 12.1. The number of carbonyl (C=O) groups is 1. The summed E-state index contributed by atoms with van der Waals surface area (Å²) < 4.78 is 0. The lowest BCUT2D eigenvalue weighted by Crippen LogP contribution is -2.61. The molecule has 4 bridgehead atoms. The Kier molecular flexibility index (Phi) is 3.93. The second-order valence-electron chi connectivity index (χ2n) is 7.48. The third kappa shape index (κ3) is 2.95. The van der Waals surface area contributed by atoms with Crippen LogP contribution in [0.5, 0.6) is 0 Å². The highest BCUT2D eigenvalue weighted by Gasteiger charge is 2.51. The summed E-state index contributed by atoms with van der Waals surface area (Å²) in [6.07, 6.45) is 8.95. The number of carbonyl (C=O) groups excluding carboxylic acids is 1. The molecule has 4 rings (SSSR count). The molecule has 2 amide bonds. The van der Waals surface area contributed by atoms with Gasteiger partial charge in [-0.1, -0.05) is 13.3 Å². The summed E-state index contributed by atoms with van der Waals surface area (Å²) in [5.74, 6) is 2.52. The van der Waals surface area contributed by atoms with Crippen LogP contribution >= 0.6 is 0 Å². The largest absolute Gasteiger partial charge is 0.391 e. The maximum Gasteiger partial charge on any atom is 0.315 e. The Balaban J connectivity index is 1.51. The van der Waals surface area contributed by atoms with Crippen LogP contribution < -0.4 is 10.6 Å². The number of rotatable bonds is 5. The fraction of sp³-hybridized carbons (Fsp3) is 0.938. The molecule has 0 aromatic heterocycles. The van der Waals surface area contributed by atoms with Crippen molar-refractivity contribution in [3.8, 4) is 0 Å². The summed E-state index contributed by atoms with van der Waals surface area (Å²) in [6.45, 7) is 2.41. The Morgan fingerprint density at radius 2 is 1.75 bits per heavy atom. The van der Waals surface area contributed by atoms with Crippen LogP contribution in [0.15, 0.2) is 0 Å². The van der Waals surface area contributed by atoms with E-state index in [1.165, 1.54) is 38.5 Å². The summed E-state index contributed by atoms with van der Waals surface area (Å²) in [5, 5.41) is 15.8. The Hall–Kier alpha value is -0.770. The number of amides is 2. The zero-order valence-electron chi connectivity index (χ0n) is 12.5. The fourth-order valence-electron chi connectivity index (χ4n) is 5.19. The highest BCUT2D eigenvalue weighted by atomic mass is 16.3. The summed E-state index contributed by atoms with van der Waals surface area (Å²) in [5.41, 5.74) is 0.0640. The predicted octanol–water partition coefficient (Wildman–Crippen LogP) is 2.42. The Bertz CT molecular complexity index is 334. The fourth-order valence-corrected chi connectivity index (χ4v) is 5.19. The van der Waals surface area contributed by atoms with Gasteiger partial charge in [0.05, 0.1) is 6.10 Å². The van der Waals surface area contributed by atoms with E-state index in [9.17, 15) is 9.90 Å². The summed E-state index contributed by atoms with van der Waals surface area (Å²) in [4.78, 5) is 12.1. The average molecular weight is 280 g/mol.